The molecule has 1 aliphatic carbocycles. The average molecular weight is 218 g/mol. The molecule has 0 radical (unpaired) electrons. The van der Waals surface area contributed by atoms with Crippen molar-refractivity contribution < 1.29 is 8.39 Å². The second kappa shape index (κ2) is 5.26. The molecule has 2 nitrogen and oxygen atoms in total. The first-order chi connectivity index (χ1) is 6.50. The Balaban J connectivity index is 2.58. The molecule has 0 saturated heterocycles. The smallest absolute Gasteiger partial charge is 0.152 e. The minimum Gasteiger partial charge on any atom is -0.287 e. The van der Waals surface area contributed by atoms with Crippen LogP contribution in [0.4, 0.5) is 0 Å². The van der Waals surface area contributed by atoms with Gasteiger partial charge in [0.1, 0.15) is 0 Å². The summed E-state index contributed by atoms with van der Waals surface area (Å²) in [6.07, 6.45) is 5.42. The molecule has 0 heterocycles. The molecule has 1 aliphatic rings. The van der Waals surface area contributed by atoms with E-state index in [0.717, 1.165) is 12.3 Å². The Morgan fingerprint density at radius 1 is 1.36 bits per heavy atom. The van der Waals surface area contributed by atoms with E-state index in [2.05, 4.69) is 20.8 Å². The average Bonchev–Trinajstić information content (AvgIpc) is 2.01. The van der Waals surface area contributed by atoms with Crippen LogP contribution < -0.4 is 0 Å². The molecule has 4 atom stereocenters. The molecule has 1 rings (SSSR count). The van der Waals surface area contributed by atoms with Gasteiger partial charge in [-0.1, -0.05) is 27.2 Å². The zero-order valence-corrected chi connectivity index (χ0v) is 10.5. The van der Waals surface area contributed by atoms with Crippen LogP contribution in [0.25, 0.3) is 0 Å². The fourth-order valence-corrected chi connectivity index (χ4v) is 2.97. The largest absolute Gasteiger partial charge is 0.287 e. The molecular formula is C11H22O2S. The van der Waals surface area contributed by atoms with Gasteiger partial charge in [0.25, 0.3) is 0 Å². The highest BCUT2D eigenvalue weighted by Gasteiger charge is 2.32. The lowest BCUT2D eigenvalue weighted by Crippen LogP contribution is -2.34. The normalized spacial score (nSPS) is 35.9. The zero-order chi connectivity index (χ0) is 10.7. The van der Waals surface area contributed by atoms with Crippen molar-refractivity contribution in [3.05, 3.63) is 0 Å². The van der Waals surface area contributed by atoms with Crippen molar-refractivity contribution in [2.24, 2.45) is 17.8 Å². The molecule has 0 aromatic carbocycles. The lowest BCUT2D eigenvalue weighted by atomic mass is 9.75. The third-order valence-corrected chi connectivity index (χ3v) is 3.74. The van der Waals surface area contributed by atoms with Gasteiger partial charge in [-0.2, -0.15) is 0 Å². The summed E-state index contributed by atoms with van der Waals surface area (Å²) >= 11 is -1.12. The molecule has 14 heavy (non-hydrogen) atoms. The van der Waals surface area contributed by atoms with E-state index >= 15 is 0 Å². The van der Waals surface area contributed by atoms with Gasteiger partial charge in [0.2, 0.25) is 0 Å². The predicted octanol–water partition coefficient (Wildman–Crippen LogP) is 2.76. The molecule has 0 spiro atoms. The lowest BCUT2D eigenvalue weighted by molar-refractivity contribution is 0.0573. The maximum Gasteiger partial charge on any atom is 0.152 e. The van der Waals surface area contributed by atoms with Crippen molar-refractivity contribution in [2.45, 2.75) is 46.1 Å². The van der Waals surface area contributed by atoms with Crippen LogP contribution in [0.1, 0.15) is 40.0 Å². The van der Waals surface area contributed by atoms with Crippen LogP contribution in [0.5, 0.6) is 0 Å². The van der Waals surface area contributed by atoms with Gasteiger partial charge in [-0.05, 0) is 30.6 Å². The summed E-state index contributed by atoms with van der Waals surface area (Å²) in [6, 6.07) is 0. The Morgan fingerprint density at radius 3 is 2.50 bits per heavy atom. The second-order valence-electron chi connectivity index (χ2n) is 4.86. The van der Waals surface area contributed by atoms with Crippen molar-refractivity contribution in [1.82, 2.24) is 0 Å². The molecule has 3 heteroatoms. The molecule has 1 fully saturated rings. The monoisotopic (exact) mass is 218 g/mol. The van der Waals surface area contributed by atoms with Gasteiger partial charge in [0.15, 0.2) is 11.1 Å². The van der Waals surface area contributed by atoms with E-state index in [1.807, 2.05) is 0 Å². The maximum absolute atomic E-state index is 11.1. The summed E-state index contributed by atoms with van der Waals surface area (Å²) in [4.78, 5) is 0. The molecule has 1 saturated carbocycles. The molecule has 0 bridgehead atoms. The quantitative estimate of drug-likeness (QED) is 0.728. The van der Waals surface area contributed by atoms with E-state index in [1.165, 1.54) is 12.8 Å². The Labute approximate surface area is 90.1 Å². The van der Waals surface area contributed by atoms with Crippen LogP contribution in [-0.2, 0) is 15.3 Å². The van der Waals surface area contributed by atoms with Crippen LogP contribution in [-0.4, -0.2) is 16.6 Å². The number of rotatable bonds is 3. The zero-order valence-electron chi connectivity index (χ0n) is 9.66. The van der Waals surface area contributed by atoms with E-state index < -0.39 is 11.1 Å². The summed E-state index contributed by atoms with van der Waals surface area (Å²) in [7, 11) is 0. The standard InChI is InChI=1S/C11H22O2S/c1-8(2)10-6-5-9(3)7-11(10)13-14(4)12/h8-11H,5-7H2,1-4H3/t9-,10-,11+,14?/m1/s1. The van der Waals surface area contributed by atoms with E-state index in [4.69, 9.17) is 4.18 Å². The minimum atomic E-state index is -1.12. The molecule has 1 unspecified atom stereocenters. The molecule has 0 aromatic heterocycles. The van der Waals surface area contributed by atoms with E-state index in [1.54, 1.807) is 6.26 Å². The molecule has 0 amide bonds. The van der Waals surface area contributed by atoms with Gasteiger partial charge in [0, 0.05) is 6.26 Å². The van der Waals surface area contributed by atoms with Crippen molar-refractivity contribution in [3.8, 4) is 0 Å². The second-order valence-corrected chi connectivity index (χ2v) is 5.86. The highest BCUT2D eigenvalue weighted by Crippen LogP contribution is 2.35. The van der Waals surface area contributed by atoms with E-state index in [0.29, 0.717) is 11.8 Å². The molecule has 0 aromatic rings. The fraction of sp³-hybridized carbons (Fsp3) is 1.00. The highest BCUT2D eigenvalue weighted by molar-refractivity contribution is 7.79. The topological polar surface area (TPSA) is 26.3 Å². The van der Waals surface area contributed by atoms with Crippen LogP contribution in [0.15, 0.2) is 0 Å². The third kappa shape index (κ3) is 3.35. The SMILES string of the molecule is CC(C)[C@H]1CC[C@@H](C)C[C@@H]1OS(C)=O. The van der Waals surface area contributed by atoms with Crippen molar-refractivity contribution >= 4 is 11.1 Å². The maximum atomic E-state index is 11.1. The molecular weight excluding hydrogens is 196 g/mol. The summed E-state index contributed by atoms with van der Waals surface area (Å²) in [5.74, 6) is 1.95. The number of hydrogen-bond donors (Lipinski definition) is 0. The van der Waals surface area contributed by atoms with E-state index in [-0.39, 0.29) is 6.10 Å². The van der Waals surface area contributed by atoms with Gasteiger partial charge in [-0.15, -0.1) is 0 Å². The fourth-order valence-electron chi connectivity index (χ4n) is 2.40. The Hall–Kier alpha value is 0.110. The first kappa shape index (κ1) is 12.2. The predicted molar refractivity (Wildman–Crippen MR) is 60.3 cm³/mol. The van der Waals surface area contributed by atoms with Gasteiger partial charge in [-0.3, -0.25) is 4.18 Å². The number of hydrogen-bond acceptors (Lipinski definition) is 2. The van der Waals surface area contributed by atoms with Crippen molar-refractivity contribution in [2.75, 3.05) is 6.26 Å². The van der Waals surface area contributed by atoms with Crippen LogP contribution >= 0.6 is 0 Å². The van der Waals surface area contributed by atoms with Crippen LogP contribution in [0.3, 0.4) is 0 Å². The van der Waals surface area contributed by atoms with Crippen molar-refractivity contribution in [3.63, 3.8) is 0 Å². The van der Waals surface area contributed by atoms with Gasteiger partial charge < -0.3 is 0 Å². The molecule has 0 N–H and O–H groups in total. The lowest BCUT2D eigenvalue weighted by Gasteiger charge is -2.36. The van der Waals surface area contributed by atoms with E-state index in [9.17, 15) is 4.21 Å². The summed E-state index contributed by atoms with van der Waals surface area (Å²) < 4.78 is 16.6. The first-order valence-corrected chi connectivity index (χ1v) is 6.99. The molecule has 84 valence electrons. The minimum absolute atomic E-state index is 0.213. The highest BCUT2D eigenvalue weighted by atomic mass is 32.2. The summed E-state index contributed by atoms with van der Waals surface area (Å²) in [5.41, 5.74) is 0. The van der Waals surface area contributed by atoms with Gasteiger partial charge in [-0.25, -0.2) is 4.21 Å². The summed E-state index contributed by atoms with van der Waals surface area (Å²) in [5, 5.41) is 0. The van der Waals surface area contributed by atoms with Crippen LogP contribution in [0, 0.1) is 17.8 Å². The Morgan fingerprint density at radius 2 is 2.00 bits per heavy atom. The Kier molecular flexibility index (Phi) is 4.58. The van der Waals surface area contributed by atoms with Crippen LogP contribution in [0.2, 0.25) is 0 Å². The first-order valence-electron chi connectivity index (χ1n) is 5.51. The van der Waals surface area contributed by atoms with Gasteiger partial charge >= 0.3 is 0 Å². The third-order valence-electron chi connectivity index (χ3n) is 3.22. The molecule has 0 aliphatic heterocycles. The van der Waals surface area contributed by atoms with Crippen molar-refractivity contribution in [1.29, 1.82) is 0 Å². The summed E-state index contributed by atoms with van der Waals surface area (Å²) in [6.45, 7) is 6.72. The van der Waals surface area contributed by atoms with Gasteiger partial charge in [0.05, 0.1) is 6.10 Å². The Bertz CT molecular complexity index is 203.